The zero-order valence-electron chi connectivity index (χ0n) is 7.34. The third-order valence-corrected chi connectivity index (χ3v) is 3.11. The molecule has 0 aromatic rings. The van der Waals surface area contributed by atoms with Crippen molar-refractivity contribution in [2.45, 2.75) is 13.3 Å². The van der Waals surface area contributed by atoms with Crippen LogP contribution in [-0.2, 0) is 0 Å². The Bertz CT molecular complexity index is 128. The van der Waals surface area contributed by atoms with Crippen LogP contribution in [0.4, 0.5) is 0 Å². The lowest BCUT2D eigenvalue weighted by Gasteiger charge is -2.39. The minimum Gasteiger partial charge on any atom is -0.316 e. The van der Waals surface area contributed by atoms with Crippen molar-refractivity contribution >= 4 is 0 Å². The molecule has 0 saturated carbocycles. The van der Waals surface area contributed by atoms with Crippen LogP contribution in [0.15, 0.2) is 0 Å². The molecular formula is C9H18N2. The highest BCUT2D eigenvalue weighted by Gasteiger charge is 2.26. The summed E-state index contributed by atoms with van der Waals surface area (Å²) in [6, 6.07) is 0. The summed E-state index contributed by atoms with van der Waals surface area (Å²) < 4.78 is 0. The quantitative estimate of drug-likeness (QED) is 0.638. The van der Waals surface area contributed by atoms with Crippen molar-refractivity contribution in [1.82, 2.24) is 10.2 Å². The smallest absolute Gasteiger partial charge is 0.00106 e. The fraction of sp³-hybridized carbons (Fsp3) is 1.00. The van der Waals surface area contributed by atoms with Crippen molar-refractivity contribution in [3.05, 3.63) is 0 Å². The van der Waals surface area contributed by atoms with Crippen molar-refractivity contribution in [3.8, 4) is 0 Å². The third-order valence-electron chi connectivity index (χ3n) is 3.11. The second-order valence-electron chi connectivity index (χ2n) is 4.05. The molecule has 2 rings (SSSR count). The summed E-state index contributed by atoms with van der Waals surface area (Å²) in [6.45, 7) is 8.95. The molecule has 1 unspecified atom stereocenters. The maximum atomic E-state index is 3.33. The fourth-order valence-electron chi connectivity index (χ4n) is 1.83. The van der Waals surface area contributed by atoms with Gasteiger partial charge < -0.3 is 10.2 Å². The van der Waals surface area contributed by atoms with Crippen LogP contribution in [0.25, 0.3) is 0 Å². The number of nitrogens with one attached hydrogen (secondary N) is 1. The Morgan fingerprint density at radius 3 is 2.55 bits per heavy atom. The van der Waals surface area contributed by atoms with Gasteiger partial charge in [-0.3, -0.25) is 0 Å². The van der Waals surface area contributed by atoms with Crippen molar-refractivity contribution < 1.29 is 0 Å². The van der Waals surface area contributed by atoms with Crippen LogP contribution in [-0.4, -0.2) is 37.6 Å². The molecule has 2 aliphatic rings. The summed E-state index contributed by atoms with van der Waals surface area (Å²) >= 11 is 0. The third kappa shape index (κ3) is 1.57. The van der Waals surface area contributed by atoms with E-state index in [1.165, 1.54) is 39.1 Å². The van der Waals surface area contributed by atoms with E-state index in [2.05, 4.69) is 17.1 Å². The molecule has 2 fully saturated rings. The van der Waals surface area contributed by atoms with Gasteiger partial charge in [-0.05, 0) is 44.4 Å². The van der Waals surface area contributed by atoms with Crippen LogP contribution in [0, 0.1) is 11.8 Å². The van der Waals surface area contributed by atoms with Gasteiger partial charge in [0, 0.05) is 6.54 Å². The van der Waals surface area contributed by atoms with Gasteiger partial charge in [-0.1, -0.05) is 6.92 Å². The molecule has 64 valence electrons. The normalized spacial score (nSPS) is 29.2. The van der Waals surface area contributed by atoms with Crippen molar-refractivity contribution in [2.75, 3.05) is 32.7 Å². The predicted molar refractivity (Wildman–Crippen MR) is 46.6 cm³/mol. The van der Waals surface area contributed by atoms with Gasteiger partial charge in [0.1, 0.15) is 0 Å². The van der Waals surface area contributed by atoms with E-state index in [9.17, 15) is 0 Å². The average Bonchev–Trinajstić information content (AvgIpc) is 1.74. The Labute approximate surface area is 69.0 Å². The molecule has 2 heterocycles. The number of hydrogen-bond donors (Lipinski definition) is 1. The summed E-state index contributed by atoms with van der Waals surface area (Å²) in [5.74, 6) is 1.88. The van der Waals surface area contributed by atoms with E-state index in [4.69, 9.17) is 0 Å². The lowest BCUT2D eigenvalue weighted by atomic mass is 9.88. The topological polar surface area (TPSA) is 15.3 Å². The Hall–Kier alpha value is -0.0800. The zero-order chi connectivity index (χ0) is 7.68. The van der Waals surface area contributed by atoms with Gasteiger partial charge in [-0.15, -0.1) is 0 Å². The van der Waals surface area contributed by atoms with Crippen LogP contribution in [0.3, 0.4) is 0 Å². The molecule has 2 heteroatoms. The van der Waals surface area contributed by atoms with Crippen LogP contribution in [0.5, 0.6) is 0 Å². The van der Waals surface area contributed by atoms with E-state index < -0.39 is 0 Å². The largest absolute Gasteiger partial charge is 0.316 e. The summed E-state index contributed by atoms with van der Waals surface area (Å²) in [4.78, 5) is 2.57. The molecule has 1 N–H and O–H groups in total. The monoisotopic (exact) mass is 154 g/mol. The molecule has 2 nitrogen and oxygen atoms in total. The number of rotatable bonds is 3. The van der Waals surface area contributed by atoms with Gasteiger partial charge in [-0.2, -0.15) is 0 Å². The number of nitrogens with zero attached hydrogens (tertiary/aromatic N) is 1. The minimum absolute atomic E-state index is 0.913. The molecule has 0 spiro atoms. The van der Waals surface area contributed by atoms with E-state index in [1.54, 1.807) is 0 Å². The first-order valence-electron chi connectivity index (χ1n) is 4.79. The molecule has 0 aromatic carbocycles. The van der Waals surface area contributed by atoms with Crippen molar-refractivity contribution in [2.24, 2.45) is 11.8 Å². The van der Waals surface area contributed by atoms with Gasteiger partial charge in [0.25, 0.3) is 0 Å². The van der Waals surface area contributed by atoms with Gasteiger partial charge in [-0.25, -0.2) is 0 Å². The highest BCUT2D eigenvalue weighted by Crippen LogP contribution is 2.19. The molecule has 2 aliphatic heterocycles. The molecule has 0 radical (unpaired) electrons. The molecule has 0 bridgehead atoms. The van der Waals surface area contributed by atoms with E-state index in [0.29, 0.717) is 0 Å². The Kier molecular flexibility index (Phi) is 2.14. The Morgan fingerprint density at radius 2 is 2.18 bits per heavy atom. The van der Waals surface area contributed by atoms with Crippen LogP contribution in [0.1, 0.15) is 13.3 Å². The van der Waals surface area contributed by atoms with Gasteiger partial charge >= 0.3 is 0 Å². The maximum absolute atomic E-state index is 3.33. The molecule has 0 aliphatic carbocycles. The second kappa shape index (κ2) is 3.11. The second-order valence-corrected chi connectivity index (χ2v) is 4.05. The standard InChI is InChI=1S/C9H18N2/c1-8(9-5-10-6-9)7-11-3-2-4-11/h8-10H,2-7H2,1H3. The first-order chi connectivity index (χ1) is 5.36. The summed E-state index contributed by atoms with van der Waals surface area (Å²) in [6.07, 6.45) is 1.43. The van der Waals surface area contributed by atoms with Crippen LogP contribution >= 0.6 is 0 Å². The average molecular weight is 154 g/mol. The van der Waals surface area contributed by atoms with Crippen molar-refractivity contribution in [3.63, 3.8) is 0 Å². The molecule has 0 amide bonds. The molecule has 2 saturated heterocycles. The molecular weight excluding hydrogens is 136 g/mol. The highest BCUT2D eigenvalue weighted by molar-refractivity contribution is 4.82. The Balaban J connectivity index is 1.67. The van der Waals surface area contributed by atoms with Crippen LogP contribution in [0.2, 0.25) is 0 Å². The fourth-order valence-corrected chi connectivity index (χ4v) is 1.83. The van der Waals surface area contributed by atoms with E-state index >= 15 is 0 Å². The molecule has 0 aromatic heterocycles. The lowest BCUT2D eigenvalue weighted by molar-refractivity contribution is 0.118. The lowest BCUT2D eigenvalue weighted by Crippen LogP contribution is -2.50. The zero-order valence-corrected chi connectivity index (χ0v) is 7.34. The number of likely N-dealkylation sites (tertiary alicyclic amines) is 1. The summed E-state index contributed by atoms with van der Waals surface area (Å²) in [7, 11) is 0. The number of hydrogen-bond acceptors (Lipinski definition) is 2. The summed E-state index contributed by atoms with van der Waals surface area (Å²) in [5, 5.41) is 3.33. The van der Waals surface area contributed by atoms with E-state index in [0.717, 1.165) is 11.8 Å². The van der Waals surface area contributed by atoms with E-state index in [-0.39, 0.29) is 0 Å². The predicted octanol–water partition coefficient (Wildman–Crippen LogP) is 0.548. The summed E-state index contributed by atoms with van der Waals surface area (Å²) in [5.41, 5.74) is 0. The van der Waals surface area contributed by atoms with Crippen LogP contribution < -0.4 is 5.32 Å². The van der Waals surface area contributed by atoms with Gasteiger partial charge in [0.15, 0.2) is 0 Å². The van der Waals surface area contributed by atoms with Gasteiger partial charge in [0.05, 0.1) is 0 Å². The van der Waals surface area contributed by atoms with E-state index in [1.807, 2.05) is 0 Å². The highest BCUT2D eigenvalue weighted by atomic mass is 15.2. The minimum atomic E-state index is 0.913. The first kappa shape index (κ1) is 7.56. The SMILES string of the molecule is CC(CN1CCC1)C1CNC1. The molecule has 11 heavy (non-hydrogen) atoms. The first-order valence-corrected chi connectivity index (χ1v) is 4.79. The van der Waals surface area contributed by atoms with Crippen molar-refractivity contribution in [1.29, 1.82) is 0 Å². The maximum Gasteiger partial charge on any atom is 0.00106 e. The molecule has 1 atom stereocenters. The Morgan fingerprint density at radius 1 is 1.45 bits per heavy atom. The van der Waals surface area contributed by atoms with Gasteiger partial charge in [0.2, 0.25) is 0 Å².